The Morgan fingerprint density at radius 2 is 1.30 bits per heavy atom. The first-order chi connectivity index (χ1) is 15.6. The van der Waals surface area contributed by atoms with E-state index in [1.165, 1.54) is 0 Å². The molecule has 0 bridgehead atoms. The number of ether oxygens (including phenoxy) is 1. The van der Waals surface area contributed by atoms with Gasteiger partial charge in [0, 0.05) is 38.4 Å². The molecule has 0 unspecified atom stereocenters. The highest BCUT2D eigenvalue weighted by Gasteiger charge is 2.30. The number of carbonyl (C=O) groups excluding carboxylic acids is 4. The van der Waals surface area contributed by atoms with Crippen molar-refractivity contribution in [3.63, 3.8) is 0 Å². The van der Waals surface area contributed by atoms with Crippen LogP contribution in [0.5, 0.6) is 0 Å². The van der Waals surface area contributed by atoms with Crippen molar-refractivity contribution < 1.29 is 23.9 Å². The molecule has 4 N–H and O–H groups in total. The van der Waals surface area contributed by atoms with Crippen LogP contribution in [0.3, 0.4) is 0 Å². The first kappa shape index (κ1) is 28.9. The van der Waals surface area contributed by atoms with Crippen LogP contribution < -0.4 is 21.3 Å². The minimum Gasteiger partial charge on any atom is -0.460 e. The molecule has 0 aromatic carbocycles. The zero-order valence-corrected chi connectivity index (χ0v) is 20.9. The molecule has 0 spiro atoms. The number of nitrogens with one attached hydrogen (secondary N) is 4. The van der Waals surface area contributed by atoms with Gasteiger partial charge in [-0.25, -0.2) is 0 Å². The second-order valence-corrected chi connectivity index (χ2v) is 9.76. The molecule has 9 heteroatoms. The van der Waals surface area contributed by atoms with Gasteiger partial charge in [0.05, 0.1) is 5.92 Å². The normalized spacial score (nSPS) is 18.3. The van der Waals surface area contributed by atoms with Gasteiger partial charge in [-0.2, -0.15) is 0 Å². The van der Waals surface area contributed by atoms with Gasteiger partial charge in [-0.1, -0.05) is 0 Å². The number of hydrogen-bond acceptors (Lipinski definition) is 6. The minimum atomic E-state index is -0.477. The summed E-state index contributed by atoms with van der Waals surface area (Å²) in [4.78, 5) is 47.9. The van der Waals surface area contributed by atoms with Crippen molar-refractivity contribution in [3.8, 4) is 0 Å². The van der Waals surface area contributed by atoms with Crippen molar-refractivity contribution in [1.29, 1.82) is 0 Å². The predicted octanol–water partition coefficient (Wildman–Crippen LogP) is 1.80. The van der Waals surface area contributed by atoms with Crippen LogP contribution in [0.15, 0.2) is 0 Å². The molecule has 3 amide bonds. The van der Waals surface area contributed by atoms with Gasteiger partial charge in [0.1, 0.15) is 5.60 Å². The smallest absolute Gasteiger partial charge is 0.309 e. The van der Waals surface area contributed by atoms with Gasteiger partial charge in [0.2, 0.25) is 17.7 Å². The van der Waals surface area contributed by atoms with E-state index in [-0.39, 0.29) is 42.1 Å². The largest absolute Gasteiger partial charge is 0.460 e. The SMILES string of the molecule is CNCCCNC(=O)CCCNC(=O)CCCC(=O)NC1CCC(C(=O)OC(C)(C)C)CC1. The summed E-state index contributed by atoms with van der Waals surface area (Å²) in [6, 6.07) is 0.0781. The summed E-state index contributed by atoms with van der Waals surface area (Å²) in [5.74, 6) is -0.403. The van der Waals surface area contributed by atoms with Gasteiger partial charge in [-0.05, 0) is 79.3 Å². The van der Waals surface area contributed by atoms with Gasteiger partial charge in [0.25, 0.3) is 0 Å². The molecule has 0 aromatic rings. The lowest BCUT2D eigenvalue weighted by Gasteiger charge is -2.30. The number of esters is 1. The van der Waals surface area contributed by atoms with Crippen LogP contribution in [0.2, 0.25) is 0 Å². The van der Waals surface area contributed by atoms with E-state index in [0.29, 0.717) is 38.8 Å². The molecule has 1 aliphatic carbocycles. The fourth-order valence-corrected chi connectivity index (χ4v) is 3.71. The highest BCUT2D eigenvalue weighted by Crippen LogP contribution is 2.27. The van der Waals surface area contributed by atoms with Crippen molar-refractivity contribution >= 4 is 23.7 Å². The summed E-state index contributed by atoms with van der Waals surface area (Å²) in [5, 5.41) is 11.7. The maximum absolute atomic E-state index is 12.2. The van der Waals surface area contributed by atoms with Crippen molar-refractivity contribution in [2.45, 2.75) is 96.6 Å². The Morgan fingerprint density at radius 3 is 1.88 bits per heavy atom. The van der Waals surface area contributed by atoms with Crippen molar-refractivity contribution in [3.05, 3.63) is 0 Å². The summed E-state index contributed by atoms with van der Waals surface area (Å²) in [7, 11) is 1.87. The highest BCUT2D eigenvalue weighted by atomic mass is 16.6. The monoisotopic (exact) mass is 468 g/mol. The van der Waals surface area contributed by atoms with Crippen LogP contribution in [0, 0.1) is 5.92 Å². The molecule has 0 radical (unpaired) electrons. The molecule has 0 saturated heterocycles. The number of hydrogen-bond donors (Lipinski definition) is 4. The zero-order chi connectivity index (χ0) is 24.7. The van der Waals surface area contributed by atoms with Crippen molar-refractivity contribution in [2.75, 3.05) is 26.7 Å². The fourth-order valence-electron chi connectivity index (χ4n) is 3.71. The second-order valence-electron chi connectivity index (χ2n) is 9.76. The van der Waals surface area contributed by atoms with E-state index in [1.807, 2.05) is 27.8 Å². The molecule has 0 aliphatic heterocycles. The lowest BCUT2D eigenvalue weighted by Crippen LogP contribution is -2.39. The lowest BCUT2D eigenvalue weighted by atomic mass is 9.86. The number of carbonyl (C=O) groups is 4. The summed E-state index contributed by atoms with van der Waals surface area (Å²) < 4.78 is 5.45. The maximum Gasteiger partial charge on any atom is 0.309 e. The Bertz CT molecular complexity index is 625. The summed E-state index contributed by atoms with van der Waals surface area (Å²) in [5.41, 5.74) is -0.477. The molecule has 1 saturated carbocycles. The van der Waals surface area contributed by atoms with Crippen LogP contribution in [0.1, 0.15) is 85.0 Å². The van der Waals surface area contributed by atoms with E-state index >= 15 is 0 Å². The van der Waals surface area contributed by atoms with E-state index in [9.17, 15) is 19.2 Å². The third-order valence-corrected chi connectivity index (χ3v) is 5.47. The molecule has 9 nitrogen and oxygen atoms in total. The van der Waals surface area contributed by atoms with Crippen LogP contribution in [-0.2, 0) is 23.9 Å². The Hall–Kier alpha value is -2.16. The molecular formula is C24H44N4O5. The lowest BCUT2D eigenvalue weighted by molar-refractivity contribution is -0.161. The number of amides is 3. The fraction of sp³-hybridized carbons (Fsp3) is 0.833. The van der Waals surface area contributed by atoms with E-state index in [1.54, 1.807) is 0 Å². The van der Waals surface area contributed by atoms with E-state index in [2.05, 4.69) is 21.3 Å². The Labute approximate surface area is 198 Å². The Morgan fingerprint density at radius 1 is 0.758 bits per heavy atom. The summed E-state index contributed by atoms with van der Waals surface area (Å²) in [6.45, 7) is 7.57. The van der Waals surface area contributed by atoms with E-state index in [0.717, 1.165) is 38.6 Å². The Kier molecular flexibility index (Phi) is 13.7. The van der Waals surface area contributed by atoms with Gasteiger partial charge in [0.15, 0.2) is 0 Å². The molecule has 1 aliphatic rings. The minimum absolute atomic E-state index is 0.00264. The number of rotatable bonds is 14. The average Bonchev–Trinajstić information content (AvgIpc) is 2.73. The molecule has 0 aromatic heterocycles. The third kappa shape index (κ3) is 14.6. The molecule has 0 heterocycles. The molecule has 1 rings (SSSR count). The van der Waals surface area contributed by atoms with Gasteiger partial charge in [-0.15, -0.1) is 0 Å². The summed E-state index contributed by atoms with van der Waals surface area (Å²) >= 11 is 0. The predicted molar refractivity (Wildman–Crippen MR) is 127 cm³/mol. The first-order valence-electron chi connectivity index (χ1n) is 12.3. The van der Waals surface area contributed by atoms with E-state index in [4.69, 9.17) is 4.74 Å². The van der Waals surface area contributed by atoms with Crippen LogP contribution in [-0.4, -0.2) is 62.0 Å². The van der Waals surface area contributed by atoms with Crippen molar-refractivity contribution in [2.24, 2.45) is 5.92 Å². The van der Waals surface area contributed by atoms with Gasteiger partial charge < -0.3 is 26.0 Å². The molecular weight excluding hydrogens is 424 g/mol. The molecule has 0 atom stereocenters. The van der Waals surface area contributed by atoms with Gasteiger partial charge in [-0.3, -0.25) is 19.2 Å². The van der Waals surface area contributed by atoms with Crippen LogP contribution >= 0.6 is 0 Å². The molecule has 33 heavy (non-hydrogen) atoms. The zero-order valence-electron chi connectivity index (χ0n) is 20.9. The van der Waals surface area contributed by atoms with Crippen LogP contribution in [0.25, 0.3) is 0 Å². The maximum atomic E-state index is 12.2. The third-order valence-electron chi connectivity index (χ3n) is 5.47. The average molecular weight is 469 g/mol. The highest BCUT2D eigenvalue weighted by molar-refractivity contribution is 5.79. The van der Waals surface area contributed by atoms with Gasteiger partial charge >= 0.3 is 5.97 Å². The van der Waals surface area contributed by atoms with Crippen molar-refractivity contribution in [1.82, 2.24) is 21.3 Å². The quantitative estimate of drug-likeness (QED) is 0.228. The Balaban J connectivity index is 2.07. The molecule has 1 fully saturated rings. The second kappa shape index (κ2) is 15.6. The summed E-state index contributed by atoms with van der Waals surface area (Å²) in [6.07, 6.45) is 5.90. The molecule has 190 valence electrons. The first-order valence-corrected chi connectivity index (χ1v) is 12.3. The van der Waals surface area contributed by atoms with E-state index < -0.39 is 5.60 Å². The standard InChI is InChI=1S/C24H44N4O5/c1-24(2,3)33-23(32)18-11-13-19(14-12-18)28-22(31)9-5-8-20(29)26-16-6-10-21(30)27-17-7-15-25-4/h18-19,25H,5-17H2,1-4H3,(H,26,29)(H,27,30)(H,28,31). The topological polar surface area (TPSA) is 126 Å². The van der Waals surface area contributed by atoms with Crippen LogP contribution in [0.4, 0.5) is 0 Å².